The van der Waals surface area contributed by atoms with Gasteiger partial charge in [0.05, 0.1) is 18.8 Å². The van der Waals surface area contributed by atoms with E-state index in [9.17, 15) is 25.2 Å². The van der Waals surface area contributed by atoms with Gasteiger partial charge in [0.2, 0.25) is 5.91 Å². The van der Waals surface area contributed by atoms with Crippen LogP contribution in [-0.2, 0) is 4.79 Å². The Morgan fingerprint density at radius 1 is 0.393 bits per heavy atom. The smallest absolute Gasteiger partial charge is 0.249 e. The lowest BCUT2D eigenvalue weighted by Crippen LogP contribution is -2.53. The summed E-state index contributed by atoms with van der Waals surface area (Å²) in [7, 11) is 0. The third-order valence-electron chi connectivity index (χ3n) is 12.6. The number of aliphatic hydroxyl groups is 4. The maximum Gasteiger partial charge on any atom is 0.249 e. The van der Waals surface area contributed by atoms with Gasteiger partial charge in [-0.2, -0.15) is 0 Å². The number of carbonyl (C=O) groups is 1. The Kier molecular flexibility index (Phi) is 48.3. The maximum atomic E-state index is 12.5. The van der Waals surface area contributed by atoms with Crippen molar-refractivity contribution in [2.24, 2.45) is 0 Å². The van der Waals surface area contributed by atoms with Gasteiger partial charge in [0, 0.05) is 0 Å². The second-order valence-electron chi connectivity index (χ2n) is 18.6. The van der Waals surface area contributed by atoms with Gasteiger partial charge in [0.15, 0.2) is 0 Å². The number of rotatable bonds is 49. The number of aliphatic hydroxyl groups excluding tert-OH is 4. The summed E-state index contributed by atoms with van der Waals surface area (Å²) in [4.78, 5) is 12.5. The summed E-state index contributed by atoms with van der Waals surface area (Å²) >= 11 is 0. The zero-order chi connectivity index (χ0) is 44.5. The molecule has 4 atom stereocenters. The van der Waals surface area contributed by atoms with Gasteiger partial charge in [-0.25, -0.2) is 0 Å². The van der Waals surface area contributed by atoms with E-state index in [2.05, 4.69) is 55.6 Å². The largest absolute Gasteiger partial charge is 0.394 e. The molecule has 0 rings (SSSR count). The Labute approximate surface area is 379 Å². The maximum absolute atomic E-state index is 12.5. The second kappa shape index (κ2) is 49.5. The summed E-state index contributed by atoms with van der Waals surface area (Å²) < 4.78 is 0. The molecule has 0 aliphatic carbocycles. The Morgan fingerprint density at radius 3 is 1.03 bits per heavy atom. The van der Waals surface area contributed by atoms with Crippen LogP contribution in [0.5, 0.6) is 0 Å². The number of unbranched alkanes of at least 4 members (excludes halogenated alkanes) is 34. The molecule has 0 aromatic carbocycles. The van der Waals surface area contributed by atoms with Crippen LogP contribution in [0.15, 0.2) is 36.5 Å². The molecule has 4 unspecified atom stereocenters. The van der Waals surface area contributed by atoms with Crippen LogP contribution in [0, 0.1) is 0 Å². The van der Waals surface area contributed by atoms with E-state index in [4.69, 9.17) is 0 Å². The molecule has 1 amide bonds. The molecule has 0 saturated heterocycles. The number of carbonyl (C=O) groups excluding carboxylic acids is 1. The van der Waals surface area contributed by atoms with Gasteiger partial charge in [-0.1, -0.05) is 249 Å². The first kappa shape index (κ1) is 59.5. The van der Waals surface area contributed by atoms with Crippen molar-refractivity contribution < 1.29 is 25.2 Å². The fourth-order valence-electron chi connectivity index (χ4n) is 8.32. The molecule has 0 aromatic heterocycles. The molecule has 5 N–H and O–H groups in total. The zero-order valence-corrected chi connectivity index (χ0v) is 40.7. The molecule has 6 nitrogen and oxygen atoms in total. The molecule has 0 radical (unpaired) electrons. The van der Waals surface area contributed by atoms with Crippen molar-refractivity contribution in [2.45, 2.75) is 301 Å². The lowest BCUT2D eigenvalue weighted by Gasteiger charge is -2.27. The minimum Gasteiger partial charge on any atom is -0.394 e. The average molecular weight is 860 g/mol. The van der Waals surface area contributed by atoms with Crippen LogP contribution in [0.3, 0.4) is 0 Å². The molecule has 0 aliphatic heterocycles. The molecule has 61 heavy (non-hydrogen) atoms. The predicted molar refractivity (Wildman–Crippen MR) is 265 cm³/mol. The lowest BCUT2D eigenvalue weighted by atomic mass is 10.00. The van der Waals surface area contributed by atoms with Crippen molar-refractivity contribution in [3.05, 3.63) is 36.5 Å². The minimum atomic E-state index is -1.29. The number of hydrogen-bond acceptors (Lipinski definition) is 5. The van der Waals surface area contributed by atoms with E-state index >= 15 is 0 Å². The van der Waals surface area contributed by atoms with Crippen molar-refractivity contribution in [3.8, 4) is 0 Å². The van der Waals surface area contributed by atoms with E-state index in [1.807, 2.05) is 0 Å². The van der Waals surface area contributed by atoms with Gasteiger partial charge in [-0.05, 0) is 64.2 Å². The van der Waals surface area contributed by atoms with Gasteiger partial charge in [-0.15, -0.1) is 0 Å². The Morgan fingerprint density at radius 2 is 0.689 bits per heavy atom. The number of hydrogen-bond donors (Lipinski definition) is 5. The van der Waals surface area contributed by atoms with E-state index < -0.39 is 36.9 Å². The molecule has 0 bridgehead atoms. The summed E-state index contributed by atoms with van der Waals surface area (Å²) in [6.07, 6.45) is 60.7. The Balaban J connectivity index is 3.71. The molecule has 0 fully saturated rings. The fourth-order valence-corrected chi connectivity index (χ4v) is 8.32. The number of allylic oxidation sites excluding steroid dienone is 6. The van der Waals surface area contributed by atoms with Gasteiger partial charge in [-0.3, -0.25) is 4.79 Å². The van der Waals surface area contributed by atoms with Crippen LogP contribution in [0.25, 0.3) is 0 Å². The van der Waals surface area contributed by atoms with Gasteiger partial charge in [0.25, 0.3) is 0 Å². The van der Waals surface area contributed by atoms with Crippen LogP contribution < -0.4 is 5.32 Å². The highest BCUT2D eigenvalue weighted by Crippen LogP contribution is 2.17. The molecule has 0 saturated carbocycles. The molecule has 0 spiro atoms. The summed E-state index contributed by atoms with van der Waals surface area (Å²) in [5, 5.41) is 43.8. The second-order valence-corrected chi connectivity index (χ2v) is 18.6. The molecular formula is C55H105NO5. The van der Waals surface area contributed by atoms with E-state index in [1.165, 1.54) is 193 Å². The predicted octanol–water partition coefficient (Wildman–Crippen LogP) is 15.2. The molecular weight excluding hydrogens is 755 g/mol. The molecule has 0 aromatic rings. The highest BCUT2D eigenvalue weighted by molar-refractivity contribution is 5.80. The molecule has 0 aliphatic rings. The monoisotopic (exact) mass is 860 g/mol. The third kappa shape index (κ3) is 43.6. The average Bonchev–Trinajstić information content (AvgIpc) is 3.26. The van der Waals surface area contributed by atoms with E-state index in [0.29, 0.717) is 19.3 Å². The lowest BCUT2D eigenvalue weighted by molar-refractivity contribution is -0.132. The number of nitrogens with one attached hydrogen (secondary N) is 1. The molecule has 6 heteroatoms. The van der Waals surface area contributed by atoms with E-state index in [-0.39, 0.29) is 0 Å². The zero-order valence-electron chi connectivity index (χ0n) is 40.7. The van der Waals surface area contributed by atoms with E-state index in [1.54, 1.807) is 0 Å². The van der Waals surface area contributed by atoms with Crippen molar-refractivity contribution >= 4 is 5.91 Å². The summed E-state index contributed by atoms with van der Waals surface area (Å²) in [5.74, 6) is -0.597. The SMILES string of the molecule is CCCCCCCCCCCCCCCCCC/C=C/CC/C=C/CC/C=C/CCCC(O)C(O)C(CO)NC(=O)C(O)CCCCCCCCCCCCCCCCCC. The van der Waals surface area contributed by atoms with Crippen LogP contribution in [0.1, 0.15) is 277 Å². The van der Waals surface area contributed by atoms with Gasteiger partial charge < -0.3 is 25.7 Å². The highest BCUT2D eigenvalue weighted by Gasteiger charge is 2.28. The quantitative estimate of drug-likeness (QED) is 0.0309. The topological polar surface area (TPSA) is 110 Å². The minimum absolute atomic E-state index is 0.361. The van der Waals surface area contributed by atoms with E-state index in [0.717, 1.165) is 51.4 Å². The normalized spacial score (nSPS) is 14.1. The van der Waals surface area contributed by atoms with Crippen molar-refractivity contribution in [1.29, 1.82) is 0 Å². The summed E-state index contributed by atoms with van der Waals surface area (Å²) in [6.45, 7) is 4.06. The first-order chi connectivity index (χ1) is 30.0. The third-order valence-corrected chi connectivity index (χ3v) is 12.6. The Bertz CT molecular complexity index is 966. The Hall–Kier alpha value is -1.47. The van der Waals surface area contributed by atoms with Crippen molar-refractivity contribution in [1.82, 2.24) is 5.32 Å². The van der Waals surface area contributed by atoms with Crippen LogP contribution in [-0.4, -0.2) is 57.3 Å². The standard InChI is InChI=1S/C55H105NO5/c1-3-5-7-9-11-13-15-17-19-21-22-23-24-25-26-27-28-29-30-31-32-33-35-36-38-40-42-44-46-48-52(58)54(60)51(50-57)56-55(61)53(59)49-47-45-43-41-39-37-34-20-18-16-14-12-10-8-6-4-2/h29-30,33,35,40,42,51-54,57-60H,3-28,31-32,34,36-39,41,43-50H2,1-2H3,(H,56,61)/b30-29+,35-33+,42-40+. The van der Waals surface area contributed by atoms with Crippen molar-refractivity contribution in [2.75, 3.05) is 6.61 Å². The van der Waals surface area contributed by atoms with Crippen LogP contribution >= 0.6 is 0 Å². The highest BCUT2D eigenvalue weighted by atomic mass is 16.3. The van der Waals surface area contributed by atoms with Gasteiger partial charge in [0.1, 0.15) is 12.2 Å². The van der Waals surface area contributed by atoms with Gasteiger partial charge >= 0.3 is 0 Å². The van der Waals surface area contributed by atoms with Crippen LogP contribution in [0.4, 0.5) is 0 Å². The molecule has 0 heterocycles. The summed E-state index contributed by atoms with van der Waals surface area (Å²) in [6, 6.07) is -1.01. The first-order valence-corrected chi connectivity index (χ1v) is 26.9. The number of amides is 1. The fraction of sp³-hybridized carbons (Fsp3) is 0.873. The van der Waals surface area contributed by atoms with Crippen LogP contribution in [0.2, 0.25) is 0 Å². The first-order valence-electron chi connectivity index (χ1n) is 26.9. The van der Waals surface area contributed by atoms with Crippen molar-refractivity contribution in [3.63, 3.8) is 0 Å². The summed E-state index contributed by atoms with van der Waals surface area (Å²) in [5.41, 5.74) is 0. The molecule has 360 valence electrons.